The van der Waals surface area contributed by atoms with Gasteiger partial charge in [-0.15, -0.1) is 0 Å². The summed E-state index contributed by atoms with van der Waals surface area (Å²) >= 11 is 0. The number of halogens is 3. The molecule has 2 rings (SSSR count). The van der Waals surface area contributed by atoms with E-state index in [4.69, 9.17) is 4.74 Å². The van der Waals surface area contributed by atoms with Crippen molar-refractivity contribution in [3.8, 4) is 0 Å². The number of carbonyl (C=O) groups excluding carboxylic acids is 1. The van der Waals surface area contributed by atoms with Crippen LogP contribution in [-0.4, -0.2) is 33.4 Å². The van der Waals surface area contributed by atoms with Crippen LogP contribution >= 0.6 is 0 Å². The fourth-order valence-electron chi connectivity index (χ4n) is 1.98. The number of hydrogen-bond donors (Lipinski definition) is 2. The predicted molar refractivity (Wildman–Crippen MR) is 73.3 cm³/mol. The summed E-state index contributed by atoms with van der Waals surface area (Å²) in [7, 11) is -2.10. The largest absolute Gasteiger partial charge is 0.490 e. The topological polar surface area (TPSA) is 71.7 Å². The minimum Gasteiger partial charge on any atom is -0.443 e. The summed E-state index contributed by atoms with van der Waals surface area (Å²) in [6.45, 7) is 4.69. The summed E-state index contributed by atoms with van der Waals surface area (Å²) in [6, 6.07) is 0.587. The van der Waals surface area contributed by atoms with Gasteiger partial charge in [0.05, 0.1) is 5.52 Å². The highest BCUT2D eigenvalue weighted by molar-refractivity contribution is 6.62. The Balaban J connectivity index is 2.75. The van der Waals surface area contributed by atoms with E-state index in [0.717, 1.165) is 6.20 Å². The zero-order chi connectivity index (χ0) is 16.8. The first kappa shape index (κ1) is 16.4. The second kappa shape index (κ2) is 5.33. The molecule has 0 aliphatic heterocycles. The Kier molecular flexibility index (Phi) is 3.97. The van der Waals surface area contributed by atoms with Gasteiger partial charge < -0.3 is 14.8 Å². The first-order chi connectivity index (χ1) is 10.0. The van der Waals surface area contributed by atoms with E-state index in [2.05, 4.69) is 0 Å². The average molecular weight is 315 g/mol. The molecule has 0 aliphatic carbocycles. The third-order valence-corrected chi connectivity index (χ3v) is 2.82. The van der Waals surface area contributed by atoms with Crippen LogP contribution in [0.4, 0.5) is 18.0 Å². The molecule has 22 heavy (non-hydrogen) atoms. The minimum atomic E-state index is -2.10. The fraction of sp³-hybridized carbons (Fsp3) is 0.308. The number of fused-ring (bicyclic) bond motifs is 1. The molecule has 5 nitrogen and oxygen atoms in total. The van der Waals surface area contributed by atoms with Gasteiger partial charge in [0, 0.05) is 17.0 Å². The maximum Gasteiger partial charge on any atom is 0.490 e. The van der Waals surface area contributed by atoms with Gasteiger partial charge in [0.15, 0.2) is 17.5 Å². The fourth-order valence-corrected chi connectivity index (χ4v) is 1.98. The zero-order valence-corrected chi connectivity index (χ0v) is 12.0. The number of rotatable bonds is 1. The number of ether oxygens (including phenoxy) is 1. The molecule has 0 saturated heterocycles. The normalized spacial score (nSPS) is 11.8. The summed E-state index contributed by atoms with van der Waals surface area (Å²) in [4.78, 5) is 12.1. The lowest BCUT2D eigenvalue weighted by molar-refractivity contribution is 0.0543. The maximum absolute atomic E-state index is 14.0. The van der Waals surface area contributed by atoms with Gasteiger partial charge >= 0.3 is 13.2 Å². The Morgan fingerprint density at radius 1 is 1.23 bits per heavy atom. The van der Waals surface area contributed by atoms with E-state index in [1.165, 1.54) is 0 Å². The van der Waals surface area contributed by atoms with E-state index in [9.17, 15) is 28.0 Å². The Bertz CT molecular complexity index is 752. The highest BCUT2D eigenvalue weighted by atomic mass is 19.2. The molecule has 0 saturated carbocycles. The van der Waals surface area contributed by atoms with Crippen LogP contribution in [0.15, 0.2) is 12.3 Å². The van der Waals surface area contributed by atoms with Crippen LogP contribution in [0.1, 0.15) is 20.8 Å². The highest BCUT2D eigenvalue weighted by Crippen LogP contribution is 2.24. The molecule has 0 bridgehead atoms. The van der Waals surface area contributed by atoms with Crippen molar-refractivity contribution < 1.29 is 32.8 Å². The van der Waals surface area contributed by atoms with Gasteiger partial charge in [-0.2, -0.15) is 0 Å². The van der Waals surface area contributed by atoms with Crippen LogP contribution in [0, 0.1) is 17.5 Å². The molecule has 0 spiro atoms. The molecule has 0 atom stereocenters. The third kappa shape index (κ3) is 2.82. The van der Waals surface area contributed by atoms with Crippen LogP contribution in [0.3, 0.4) is 0 Å². The monoisotopic (exact) mass is 315 g/mol. The molecule has 1 aromatic carbocycles. The summed E-state index contributed by atoms with van der Waals surface area (Å²) in [5, 5.41) is 18.2. The van der Waals surface area contributed by atoms with Crippen LogP contribution in [0.5, 0.6) is 0 Å². The Labute approximate surface area is 124 Å². The lowest BCUT2D eigenvalue weighted by Gasteiger charge is -2.19. The zero-order valence-electron chi connectivity index (χ0n) is 12.0. The van der Waals surface area contributed by atoms with E-state index in [-0.39, 0.29) is 10.8 Å². The first-order valence-electron chi connectivity index (χ1n) is 6.31. The van der Waals surface area contributed by atoms with Crippen molar-refractivity contribution in [3.05, 3.63) is 29.7 Å². The van der Waals surface area contributed by atoms with Crippen LogP contribution in [-0.2, 0) is 4.74 Å². The molecule has 2 N–H and O–H groups in total. The third-order valence-electron chi connectivity index (χ3n) is 2.82. The Morgan fingerprint density at radius 2 is 1.82 bits per heavy atom. The van der Waals surface area contributed by atoms with Crippen molar-refractivity contribution in [2.24, 2.45) is 0 Å². The van der Waals surface area contributed by atoms with E-state index in [1.54, 1.807) is 20.8 Å². The summed E-state index contributed by atoms with van der Waals surface area (Å²) in [5.41, 5.74) is -1.89. The lowest BCUT2D eigenvalue weighted by Crippen LogP contribution is -2.30. The SMILES string of the molecule is CC(C)(C)OC(=O)n1cc(B(O)O)c2cc(F)c(F)c(F)c21. The molecule has 0 amide bonds. The molecular weight excluding hydrogens is 302 g/mol. The van der Waals surface area contributed by atoms with Crippen molar-refractivity contribution in [1.29, 1.82) is 0 Å². The predicted octanol–water partition coefficient (Wildman–Crippen LogP) is 1.52. The highest BCUT2D eigenvalue weighted by Gasteiger charge is 2.28. The van der Waals surface area contributed by atoms with Gasteiger partial charge in [0.1, 0.15) is 5.60 Å². The molecule has 1 aromatic heterocycles. The second-order valence-corrected chi connectivity index (χ2v) is 5.69. The number of nitrogens with zero attached hydrogens (tertiary/aromatic N) is 1. The summed E-state index contributed by atoms with van der Waals surface area (Å²) < 4.78 is 46.3. The van der Waals surface area contributed by atoms with E-state index in [0.29, 0.717) is 10.6 Å². The van der Waals surface area contributed by atoms with Gasteiger partial charge in [-0.05, 0) is 26.8 Å². The van der Waals surface area contributed by atoms with Gasteiger partial charge in [-0.25, -0.2) is 22.5 Å². The molecular formula is C13H13BF3NO4. The van der Waals surface area contributed by atoms with Gasteiger partial charge in [0.2, 0.25) is 0 Å². The Hall–Kier alpha value is -2.00. The summed E-state index contributed by atoms with van der Waals surface area (Å²) in [6.07, 6.45) is -0.194. The minimum absolute atomic E-state index is 0.336. The number of aromatic nitrogens is 1. The summed E-state index contributed by atoms with van der Waals surface area (Å²) in [5.74, 6) is -4.89. The lowest BCUT2D eigenvalue weighted by atomic mass is 9.80. The van der Waals surface area contributed by atoms with Gasteiger partial charge in [-0.3, -0.25) is 0 Å². The van der Waals surface area contributed by atoms with Crippen molar-refractivity contribution in [1.82, 2.24) is 4.57 Å². The Morgan fingerprint density at radius 3 is 2.32 bits per heavy atom. The standard InChI is InChI=1S/C13H13BF3NO4/c1-13(2,3)22-12(19)18-5-7(14(20)21)6-4-8(15)9(16)10(17)11(6)18/h4-5,20-21H,1-3H3. The van der Waals surface area contributed by atoms with Crippen LogP contribution in [0.25, 0.3) is 10.9 Å². The number of hydrogen-bond acceptors (Lipinski definition) is 4. The molecule has 2 aromatic rings. The molecule has 0 radical (unpaired) electrons. The van der Waals surface area contributed by atoms with Crippen molar-refractivity contribution in [3.63, 3.8) is 0 Å². The van der Waals surface area contributed by atoms with E-state index in [1.807, 2.05) is 0 Å². The molecule has 118 valence electrons. The number of benzene rings is 1. The smallest absolute Gasteiger partial charge is 0.443 e. The second-order valence-electron chi connectivity index (χ2n) is 5.69. The number of carbonyl (C=O) groups is 1. The van der Waals surface area contributed by atoms with Gasteiger partial charge in [0.25, 0.3) is 0 Å². The quantitative estimate of drug-likeness (QED) is 0.618. The van der Waals surface area contributed by atoms with E-state index >= 15 is 0 Å². The average Bonchev–Trinajstić information content (AvgIpc) is 2.73. The molecule has 9 heteroatoms. The molecule has 1 heterocycles. The van der Waals surface area contributed by atoms with E-state index < -0.39 is 41.8 Å². The van der Waals surface area contributed by atoms with Gasteiger partial charge in [-0.1, -0.05) is 0 Å². The first-order valence-corrected chi connectivity index (χ1v) is 6.31. The molecule has 0 unspecified atom stereocenters. The van der Waals surface area contributed by atoms with Crippen LogP contribution in [0.2, 0.25) is 0 Å². The van der Waals surface area contributed by atoms with Crippen molar-refractivity contribution in [2.45, 2.75) is 26.4 Å². The van der Waals surface area contributed by atoms with Crippen molar-refractivity contribution >= 4 is 29.6 Å². The maximum atomic E-state index is 14.0. The molecule has 0 fully saturated rings. The van der Waals surface area contributed by atoms with Crippen molar-refractivity contribution in [2.75, 3.05) is 0 Å². The molecule has 0 aliphatic rings. The van der Waals surface area contributed by atoms with Crippen LogP contribution < -0.4 is 5.46 Å².